The third-order valence-corrected chi connectivity index (χ3v) is 10.5. The number of rotatable bonds is 11. The van der Waals surface area contributed by atoms with E-state index in [1.165, 1.54) is 4.90 Å². The molecule has 1 aromatic rings. The van der Waals surface area contributed by atoms with E-state index >= 15 is 0 Å². The fourth-order valence-corrected chi connectivity index (χ4v) is 7.70. The summed E-state index contributed by atoms with van der Waals surface area (Å²) in [6, 6.07) is 2.26. The molecule has 14 heteroatoms. The van der Waals surface area contributed by atoms with Gasteiger partial charge in [-0.25, -0.2) is 9.59 Å². The number of carboxylic acids is 1. The van der Waals surface area contributed by atoms with Crippen molar-refractivity contribution in [1.29, 1.82) is 0 Å². The molecule has 50 heavy (non-hydrogen) atoms. The Morgan fingerprint density at radius 1 is 1.04 bits per heavy atom. The number of carbonyl (C=O) groups is 4. The molecule has 0 spiro atoms. The van der Waals surface area contributed by atoms with Gasteiger partial charge >= 0.3 is 25.2 Å². The van der Waals surface area contributed by atoms with Crippen molar-refractivity contribution in [2.45, 2.75) is 136 Å². The first kappa shape index (κ1) is 37.9. The molecule has 0 unspecified atom stereocenters. The number of ether oxygens (including phenoxy) is 4. The molecule has 5 atom stereocenters. The Morgan fingerprint density at radius 3 is 2.30 bits per heavy atom. The molecule has 3 saturated carbocycles. The first-order valence-electron chi connectivity index (χ1n) is 17.6. The quantitative estimate of drug-likeness (QED) is 0.180. The average Bonchev–Trinajstić information content (AvgIpc) is 3.30. The molecular formula is C36H53BN2O11. The highest BCUT2D eigenvalue weighted by molar-refractivity contribution is 6.45. The lowest BCUT2D eigenvalue weighted by atomic mass is 9.43. The number of benzene rings is 1. The minimum absolute atomic E-state index is 0.0117. The maximum absolute atomic E-state index is 13.9. The van der Waals surface area contributed by atoms with Crippen molar-refractivity contribution in [3.63, 3.8) is 0 Å². The molecule has 1 aromatic carbocycles. The van der Waals surface area contributed by atoms with E-state index in [9.17, 15) is 19.2 Å². The van der Waals surface area contributed by atoms with Gasteiger partial charge in [0.25, 0.3) is 0 Å². The van der Waals surface area contributed by atoms with Crippen molar-refractivity contribution in [1.82, 2.24) is 4.90 Å². The number of aliphatic carboxylic acids is 1. The largest absolute Gasteiger partial charge is 0.514 e. The Bertz CT molecular complexity index is 1500. The van der Waals surface area contributed by atoms with Gasteiger partial charge in [0.05, 0.1) is 24.8 Å². The summed E-state index contributed by atoms with van der Waals surface area (Å²) in [5.41, 5.74) is 4.10. The Labute approximate surface area is 294 Å². The summed E-state index contributed by atoms with van der Waals surface area (Å²) < 4.78 is 36.4. The summed E-state index contributed by atoms with van der Waals surface area (Å²) in [5.74, 6) is -1.06. The van der Waals surface area contributed by atoms with Crippen LogP contribution in [-0.2, 0) is 34.8 Å². The van der Waals surface area contributed by atoms with E-state index in [1.807, 2.05) is 0 Å². The minimum atomic E-state index is -1.17. The van der Waals surface area contributed by atoms with Gasteiger partial charge in [-0.3, -0.25) is 9.59 Å². The van der Waals surface area contributed by atoms with E-state index in [2.05, 4.69) is 20.8 Å². The molecule has 1 amide bonds. The summed E-state index contributed by atoms with van der Waals surface area (Å²) in [4.78, 5) is 52.1. The van der Waals surface area contributed by atoms with Gasteiger partial charge in [-0.2, -0.15) is 0 Å². The van der Waals surface area contributed by atoms with Crippen molar-refractivity contribution in [3.8, 4) is 11.5 Å². The number of amides is 1. The van der Waals surface area contributed by atoms with Crippen LogP contribution in [0, 0.1) is 17.3 Å². The molecule has 3 N–H and O–H groups in total. The van der Waals surface area contributed by atoms with Crippen LogP contribution in [0.4, 0.5) is 4.79 Å². The highest BCUT2D eigenvalue weighted by Gasteiger charge is 2.67. The second kappa shape index (κ2) is 13.6. The normalized spacial score (nSPS) is 26.2. The van der Waals surface area contributed by atoms with Gasteiger partial charge in [0.15, 0.2) is 5.75 Å². The number of aryl methyl sites for hydroxylation is 1. The molecule has 3 aliphatic carbocycles. The molecular weight excluding hydrogens is 647 g/mol. The van der Waals surface area contributed by atoms with Crippen LogP contribution in [0.25, 0.3) is 0 Å². The van der Waals surface area contributed by atoms with Gasteiger partial charge in [0.1, 0.15) is 34.7 Å². The van der Waals surface area contributed by atoms with Gasteiger partial charge in [0.2, 0.25) is 5.91 Å². The van der Waals surface area contributed by atoms with Crippen LogP contribution in [-0.4, -0.2) is 89.3 Å². The molecule has 2 aliphatic heterocycles. The van der Waals surface area contributed by atoms with Gasteiger partial charge in [0, 0.05) is 6.42 Å². The maximum Gasteiger partial charge on any atom is 0.514 e. The lowest BCUT2D eigenvalue weighted by Gasteiger charge is -2.64. The zero-order valence-corrected chi connectivity index (χ0v) is 30.8. The van der Waals surface area contributed by atoms with Crippen molar-refractivity contribution in [3.05, 3.63) is 23.3 Å². The van der Waals surface area contributed by atoms with E-state index in [0.717, 1.165) is 12.8 Å². The molecule has 276 valence electrons. The number of nitrogens with two attached hydrogens (primary N) is 1. The first-order chi connectivity index (χ1) is 23.1. The number of carbonyl (C=O) groups excluding carboxylic acids is 3. The summed E-state index contributed by atoms with van der Waals surface area (Å²) in [6.45, 7) is 17.5. The van der Waals surface area contributed by atoms with Crippen LogP contribution in [0.3, 0.4) is 0 Å². The highest BCUT2D eigenvalue weighted by atomic mass is 16.7. The summed E-state index contributed by atoms with van der Waals surface area (Å²) in [6.07, 6.45) is 1.44. The minimum Gasteiger partial charge on any atom is -0.486 e. The summed E-state index contributed by atoms with van der Waals surface area (Å²) in [5, 5.41) is 9.02. The second-order valence-corrected chi connectivity index (χ2v) is 17.0. The van der Waals surface area contributed by atoms with E-state index in [0.29, 0.717) is 30.1 Å². The number of hydrogen-bond donors (Lipinski definition) is 2. The Balaban J connectivity index is 1.37. The highest BCUT2D eigenvalue weighted by Crippen LogP contribution is 2.65. The summed E-state index contributed by atoms with van der Waals surface area (Å²) >= 11 is 0. The first-order valence-corrected chi connectivity index (χ1v) is 17.6. The Morgan fingerprint density at radius 2 is 1.70 bits per heavy atom. The zero-order valence-electron chi connectivity index (χ0n) is 30.8. The third kappa shape index (κ3) is 8.07. The zero-order chi connectivity index (χ0) is 37.0. The average molecular weight is 701 g/mol. The van der Waals surface area contributed by atoms with Crippen molar-refractivity contribution in [2.75, 3.05) is 13.1 Å². The SMILES string of the molecule is CC(C)(C)OC(=O)Oc1c(CCB2O[C@@H]3C[C@@H]4C[C@@H](C4(C)C)[C@]3(C)O2)ccc(OC2CN(C(=O)CC[C@@H](N)C(=O)O)C2)c1C(=O)OC(C)(C)C. The number of esters is 1. The molecule has 13 nitrogen and oxygen atoms in total. The van der Waals surface area contributed by atoms with Crippen LogP contribution in [0.2, 0.25) is 6.32 Å². The predicted molar refractivity (Wildman–Crippen MR) is 183 cm³/mol. The Hall–Kier alpha value is -3.36. The summed E-state index contributed by atoms with van der Waals surface area (Å²) in [7, 11) is -0.473. The van der Waals surface area contributed by atoms with Crippen LogP contribution in [0.1, 0.15) is 104 Å². The molecule has 0 radical (unpaired) electrons. The van der Waals surface area contributed by atoms with E-state index in [4.69, 9.17) is 39.1 Å². The number of likely N-dealkylation sites (tertiary alicyclic amines) is 1. The van der Waals surface area contributed by atoms with Gasteiger partial charge in [-0.15, -0.1) is 0 Å². The van der Waals surface area contributed by atoms with E-state index in [-0.39, 0.29) is 66.0 Å². The van der Waals surface area contributed by atoms with Crippen molar-refractivity contribution < 1.29 is 52.5 Å². The molecule has 6 rings (SSSR count). The lowest BCUT2D eigenvalue weighted by molar-refractivity contribution is -0.199. The third-order valence-electron chi connectivity index (χ3n) is 10.5. The predicted octanol–water partition coefficient (Wildman–Crippen LogP) is 5.01. The van der Waals surface area contributed by atoms with Crippen LogP contribution in [0.15, 0.2) is 12.1 Å². The molecule has 5 aliphatic rings. The second-order valence-electron chi connectivity index (χ2n) is 17.0. The molecule has 0 aromatic heterocycles. The fraction of sp³-hybridized carbons (Fsp3) is 0.722. The topological polar surface area (TPSA) is 173 Å². The molecule has 2 bridgehead atoms. The van der Waals surface area contributed by atoms with Crippen LogP contribution in [0.5, 0.6) is 11.5 Å². The number of carboxylic acid groups (broad SMARTS) is 1. The molecule has 5 fully saturated rings. The van der Waals surface area contributed by atoms with E-state index < -0.39 is 48.6 Å². The van der Waals surface area contributed by atoms with Gasteiger partial charge < -0.3 is 44.0 Å². The monoisotopic (exact) mass is 700 g/mol. The fourth-order valence-electron chi connectivity index (χ4n) is 7.70. The van der Waals surface area contributed by atoms with E-state index in [1.54, 1.807) is 53.7 Å². The maximum atomic E-state index is 13.9. The van der Waals surface area contributed by atoms with Crippen LogP contribution >= 0.6 is 0 Å². The van der Waals surface area contributed by atoms with Crippen molar-refractivity contribution in [2.24, 2.45) is 23.0 Å². The van der Waals surface area contributed by atoms with Gasteiger partial charge in [-0.1, -0.05) is 19.9 Å². The molecule has 2 heterocycles. The smallest absolute Gasteiger partial charge is 0.486 e. The van der Waals surface area contributed by atoms with Crippen LogP contribution < -0.4 is 15.2 Å². The number of hydrogen-bond acceptors (Lipinski definition) is 11. The van der Waals surface area contributed by atoms with Gasteiger partial charge in [-0.05, 0) is 109 Å². The lowest BCUT2D eigenvalue weighted by Crippen LogP contribution is -2.65. The standard InChI is InChI=1S/C36H53BN2O11/c1-33(2,3)47-31(43)28-24(45-22-18-39(19-22)27(40)13-11-23(38)30(41)42)12-10-20(29(28)46-32(44)48-34(4,5)6)14-15-37-49-26-17-21-16-25(35(21,7)8)36(26,9)50-37/h10,12,21-23,25-26H,11,13-19,38H2,1-9H3,(H,41,42)/t21-,23+,25-,26+,36-/m0/s1. The van der Waals surface area contributed by atoms with Crippen molar-refractivity contribution >= 4 is 31.1 Å². The number of nitrogens with zero attached hydrogens (tertiary/aromatic N) is 1. The molecule has 2 saturated heterocycles. The Kier molecular flexibility index (Phi) is 10.3.